The van der Waals surface area contributed by atoms with Gasteiger partial charge >= 0.3 is 6.09 Å². The third-order valence-electron chi connectivity index (χ3n) is 5.17. The number of rotatable bonds is 6. The first-order valence-corrected chi connectivity index (χ1v) is 9.72. The Hall–Kier alpha value is -1.98. The Kier molecular flexibility index (Phi) is 5.89. The summed E-state index contributed by atoms with van der Waals surface area (Å²) in [5.41, 5.74) is 0. The molecule has 3 rings (SSSR count). The van der Waals surface area contributed by atoms with Crippen molar-refractivity contribution in [2.75, 3.05) is 32.8 Å². The Morgan fingerprint density at radius 3 is 2.46 bits per heavy atom. The van der Waals surface area contributed by atoms with Crippen LogP contribution < -0.4 is 0 Å². The van der Waals surface area contributed by atoms with E-state index in [1.54, 1.807) is 4.90 Å². The van der Waals surface area contributed by atoms with Gasteiger partial charge in [-0.2, -0.15) is 0 Å². The molecule has 26 heavy (non-hydrogen) atoms. The fraction of sp³-hybridized carbons (Fsp3) is 0.700. The van der Waals surface area contributed by atoms with Crippen LogP contribution in [0.2, 0.25) is 0 Å². The summed E-state index contributed by atoms with van der Waals surface area (Å²) in [5, 5.41) is 0. The molecule has 144 valence electrons. The van der Waals surface area contributed by atoms with Crippen molar-refractivity contribution in [1.29, 1.82) is 0 Å². The van der Waals surface area contributed by atoms with Crippen molar-refractivity contribution in [2.45, 2.75) is 46.0 Å². The molecule has 1 aromatic heterocycles. The summed E-state index contributed by atoms with van der Waals surface area (Å²) < 4.78 is 11.1. The number of carbonyl (C=O) groups is 2. The molecule has 6 nitrogen and oxygen atoms in total. The van der Waals surface area contributed by atoms with Crippen molar-refractivity contribution in [3.63, 3.8) is 0 Å². The number of carbonyl (C=O) groups excluding carboxylic acids is 2. The standard InChI is InChI=1S/C20H30N2O4/c1-14(2)13-25-20(24)22-10-8-21(9-11-22)19(23)7-5-16-4-6-18(26-16)17-12-15(17)3/h4,6,14-15,17H,5,7-13H2,1-3H3. The Balaban J connectivity index is 1.38. The minimum atomic E-state index is -0.275. The molecule has 2 fully saturated rings. The zero-order valence-corrected chi connectivity index (χ0v) is 16.1. The summed E-state index contributed by atoms with van der Waals surface area (Å²) in [7, 11) is 0. The van der Waals surface area contributed by atoms with Crippen molar-refractivity contribution in [3.05, 3.63) is 23.7 Å². The van der Waals surface area contributed by atoms with Gasteiger partial charge in [0.2, 0.25) is 5.91 Å². The Morgan fingerprint density at radius 2 is 1.85 bits per heavy atom. The van der Waals surface area contributed by atoms with Gasteiger partial charge in [-0.15, -0.1) is 0 Å². The molecule has 2 atom stereocenters. The molecular formula is C20H30N2O4. The number of aryl methyl sites for hydroxylation is 1. The highest BCUT2D eigenvalue weighted by Crippen LogP contribution is 2.47. The first-order valence-electron chi connectivity index (χ1n) is 9.72. The van der Waals surface area contributed by atoms with Crippen LogP contribution in [0.3, 0.4) is 0 Å². The smallest absolute Gasteiger partial charge is 0.409 e. The molecule has 1 aliphatic carbocycles. The van der Waals surface area contributed by atoms with E-state index in [1.165, 1.54) is 6.42 Å². The molecule has 1 aromatic rings. The molecule has 2 aliphatic rings. The summed E-state index contributed by atoms with van der Waals surface area (Å²) in [5.74, 6) is 3.70. The molecule has 2 heterocycles. The van der Waals surface area contributed by atoms with Gasteiger partial charge in [0.1, 0.15) is 11.5 Å². The third kappa shape index (κ3) is 4.80. The summed E-state index contributed by atoms with van der Waals surface area (Å²) in [4.78, 5) is 27.9. The van der Waals surface area contributed by atoms with E-state index in [9.17, 15) is 9.59 Å². The summed E-state index contributed by atoms with van der Waals surface area (Å²) in [6, 6.07) is 4.05. The summed E-state index contributed by atoms with van der Waals surface area (Å²) in [6.07, 6.45) is 2.01. The van der Waals surface area contributed by atoms with Gasteiger partial charge in [0.05, 0.1) is 6.61 Å². The molecule has 0 bridgehead atoms. The number of hydrogen-bond donors (Lipinski definition) is 0. The average Bonchev–Trinajstić information content (AvgIpc) is 3.18. The maximum Gasteiger partial charge on any atom is 0.409 e. The van der Waals surface area contributed by atoms with Crippen molar-refractivity contribution in [1.82, 2.24) is 9.80 Å². The van der Waals surface area contributed by atoms with Crippen LogP contribution in [-0.4, -0.2) is 54.6 Å². The first-order chi connectivity index (χ1) is 12.4. The van der Waals surface area contributed by atoms with Crippen LogP contribution in [0, 0.1) is 11.8 Å². The van der Waals surface area contributed by atoms with Crippen LogP contribution in [0.15, 0.2) is 16.5 Å². The maximum absolute atomic E-state index is 12.4. The largest absolute Gasteiger partial charge is 0.466 e. The number of ether oxygens (including phenoxy) is 1. The topological polar surface area (TPSA) is 63.0 Å². The average molecular weight is 362 g/mol. The van der Waals surface area contributed by atoms with Crippen molar-refractivity contribution in [3.8, 4) is 0 Å². The van der Waals surface area contributed by atoms with E-state index in [-0.39, 0.29) is 12.0 Å². The highest BCUT2D eigenvalue weighted by molar-refractivity contribution is 5.77. The lowest BCUT2D eigenvalue weighted by Gasteiger charge is -2.34. The number of piperazine rings is 1. The quantitative estimate of drug-likeness (QED) is 0.779. The number of hydrogen-bond acceptors (Lipinski definition) is 4. The summed E-state index contributed by atoms with van der Waals surface area (Å²) >= 11 is 0. The minimum absolute atomic E-state index is 0.123. The van der Waals surface area contributed by atoms with E-state index in [0.29, 0.717) is 57.5 Å². The second-order valence-electron chi connectivity index (χ2n) is 7.96. The first kappa shape index (κ1) is 18.8. The lowest BCUT2D eigenvalue weighted by atomic mass is 10.2. The number of nitrogens with zero attached hydrogens (tertiary/aromatic N) is 2. The maximum atomic E-state index is 12.4. The van der Waals surface area contributed by atoms with E-state index < -0.39 is 0 Å². The number of furan rings is 1. The van der Waals surface area contributed by atoms with E-state index in [0.717, 1.165) is 17.4 Å². The minimum Gasteiger partial charge on any atom is -0.466 e. The van der Waals surface area contributed by atoms with Crippen molar-refractivity contribution >= 4 is 12.0 Å². The molecule has 1 saturated heterocycles. The molecule has 0 radical (unpaired) electrons. The Labute approximate surface area is 155 Å². The molecule has 1 saturated carbocycles. The Bertz CT molecular complexity index is 632. The van der Waals surface area contributed by atoms with Gasteiger partial charge in [0.25, 0.3) is 0 Å². The zero-order valence-electron chi connectivity index (χ0n) is 16.1. The van der Waals surface area contributed by atoms with Crippen LogP contribution in [0.25, 0.3) is 0 Å². The molecule has 0 spiro atoms. The van der Waals surface area contributed by atoms with Crippen LogP contribution in [0.5, 0.6) is 0 Å². The third-order valence-corrected chi connectivity index (χ3v) is 5.17. The SMILES string of the molecule is CC(C)COC(=O)N1CCN(C(=O)CCc2ccc(C3CC3C)o2)CC1. The highest BCUT2D eigenvalue weighted by atomic mass is 16.6. The van der Waals surface area contributed by atoms with E-state index in [4.69, 9.17) is 9.15 Å². The van der Waals surface area contributed by atoms with Gasteiger partial charge < -0.3 is 19.0 Å². The van der Waals surface area contributed by atoms with Gasteiger partial charge in [-0.25, -0.2) is 4.79 Å². The fourth-order valence-electron chi connectivity index (χ4n) is 3.30. The molecule has 2 unspecified atom stereocenters. The molecule has 1 aliphatic heterocycles. The second kappa shape index (κ2) is 8.14. The van der Waals surface area contributed by atoms with Crippen LogP contribution in [-0.2, 0) is 16.0 Å². The van der Waals surface area contributed by atoms with Gasteiger partial charge in [-0.05, 0) is 30.4 Å². The van der Waals surface area contributed by atoms with E-state index in [1.807, 2.05) is 24.8 Å². The van der Waals surface area contributed by atoms with Gasteiger partial charge in [0, 0.05) is 44.9 Å². The van der Waals surface area contributed by atoms with Gasteiger partial charge in [0.15, 0.2) is 0 Å². The predicted molar refractivity (Wildman–Crippen MR) is 97.9 cm³/mol. The van der Waals surface area contributed by atoms with Crippen molar-refractivity contribution in [2.24, 2.45) is 11.8 Å². The predicted octanol–water partition coefficient (Wildman–Crippen LogP) is 3.27. The molecule has 0 aromatic carbocycles. The molecule has 6 heteroatoms. The lowest BCUT2D eigenvalue weighted by molar-refractivity contribution is -0.132. The van der Waals surface area contributed by atoms with Crippen LogP contribution in [0.1, 0.15) is 51.1 Å². The summed E-state index contributed by atoms with van der Waals surface area (Å²) in [6.45, 7) is 8.89. The molecule has 0 N–H and O–H groups in total. The zero-order chi connectivity index (χ0) is 18.7. The molecule has 2 amide bonds. The fourth-order valence-corrected chi connectivity index (χ4v) is 3.30. The van der Waals surface area contributed by atoms with Gasteiger partial charge in [-0.1, -0.05) is 20.8 Å². The lowest BCUT2D eigenvalue weighted by Crippen LogP contribution is -2.50. The van der Waals surface area contributed by atoms with Gasteiger partial charge in [-0.3, -0.25) is 4.79 Å². The van der Waals surface area contributed by atoms with Crippen LogP contribution >= 0.6 is 0 Å². The van der Waals surface area contributed by atoms with E-state index >= 15 is 0 Å². The monoisotopic (exact) mass is 362 g/mol. The molecular weight excluding hydrogens is 332 g/mol. The Morgan fingerprint density at radius 1 is 1.19 bits per heavy atom. The van der Waals surface area contributed by atoms with Crippen LogP contribution in [0.4, 0.5) is 4.79 Å². The normalized spacial score (nSPS) is 22.6. The number of amides is 2. The second-order valence-corrected chi connectivity index (χ2v) is 7.96. The van der Waals surface area contributed by atoms with Crippen molar-refractivity contribution < 1.29 is 18.7 Å². The van der Waals surface area contributed by atoms with E-state index in [2.05, 4.69) is 13.0 Å². The highest BCUT2D eigenvalue weighted by Gasteiger charge is 2.36.